The van der Waals surface area contributed by atoms with Crippen LogP contribution in [0.4, 0.5) is 5.82 Å². The van der Waals surface area contributed by atoms with Crippen LogP contribution in [0.3, 0.4) is 0 Å². The molecule has 0 saturated carbocycles. The van der Waals surface area contributed by atoms with Gasteiger partial charge < -0.3 is 5.32 Å². The van der Waals surface area contributed by atoms with Crippen LogP contribution >= 0.6 is 11.6 Å². The zero-order chi connectivity index (χ0) is 20.8. The summed E-state index contributed by atoms with van der Waals surface area (Å²) in [7, 11) is 0. The molecule has 0 radical (unpaired) electrons. The van der Waals surface area contributed by atoms with Crippen molar-refractivity contribution >= 4 is 23.3 Å². The molecule has 0 unspecified atom stereocenters. The molecule has 3 heterocycles. The molecule has 0 bridgehead atoms. The Balaban J connectivity index is 1.29. The van der Waals surface area contributed by atoms with Gasteiger partial charge in [-0.1, -0.05) is 35.9 Å². The number of halogens is 1. The van der Waals surface area contributed by atoms with Gasteiger partial charge in [0.25, 0.3) is 0 Å². The van der Waals surface area contributed by atoms with Gasteiger partial charge in [0.2, 0.25) is 5.91 Å². The van der Waals surface area contributed by atoms with E-state index in [0.717, 1.165) is 48.8 Å². The largest absolute Gasteiger partial charge is 0.310 e. The molecule has 30 heavy (non-hydrogen) atoms. The average Bonchev–Trinajstić information content (AvgIpc) is 2.77. The monoisotopic (exact) mass is 420 g/mol. The third kappa shape index (κ3) is 5.65. The van der Waals surface area contributed by atoms with Crippen LogP contribution in [-0.4, -0.2) is 40.4 Å². The smallest absolute Gasteiger partial charge is 0.239 e. The molecule has 3 aromatic rings. The van der Waals surface area contributed by atoms with Gasteiger partial charge in [-0.2, -0.15) is 0 Å². The fourth-order valence-corrected chi connectivity index (χ4v) is 3.97. The lowest BCUT2D eigenvalue weighted by Crippen LogP contribution is -2.39. The summed E-state index contributed by atoms with van der Waals surface area (Å²) in [6.45, 7) is 2.18. The standard InChI is InChI=1S/C24H25ClN4O/c25-20-9-7-18(8-10-20)16-21-4-3-5-22(27-21)19-11-14-29(15-12-19)17-24(30)28-23-6-1-2-13-26-23/h1-10,13,19H,11-12,14-17H2,(H,26,28,30). The topological polar surface area (TPSA) is 58.1 Å². The van der Waals surface area contributed by atoms with Crippen molar-refractivity contribution < 1.29 is 4.79 Å². The minimum Gasteiger partial charge on any atom is -0.310 e. The molecule has 0 aliphatic carbocycles. The van der Waals surface area contributed by atoms with E-state index >= 15 is 0 Å². The SMILES string of the molecule is O=C(CN1CCC(c2cccc(Cc3ccc(Cl)cc3)n2)CC1)Nc1ccccn1. The van der Waals surface area contributed by atoms with Crippen molar-refractivity contribution in [1.82, 2.24) is 14.9 Å². The predicted molar refractivity (Wildman–Crippen MR) is 120 cm³/mol. The van der Waals surface area contributed by atoms with Crippen molar-refractivity contribution in [2.45, 2.75) is 25.2 Å². The molecular formula is C24H25ClN4O. The van der Waals surface area contributed by atoms with Crippen molar-refractivity contribution in [3.05, 3.63) is 88.8 Å². The molecule has 1 saturated heterocycles. The van der Waals surface area contributed by atoms with Gasteiger partial charge >= 0.3 is 0 Å². The number of hydrogen-bond acceptors (Lipinski definition) is 4. The van der Waals surface area contributed by atoms with Crippen molar-refractivity contribution in [3.8, 4) is 0 Å². The minimum atomic E-state index is -0.0183. The molecule has 1 aliphatic heterocycles. The summed E-state index contributed by atoms with van der Waals surface area (Å²) >= 11 is 5.98. The molecule has 1 N–H and O–H groups in total. The first-order valence-corrected chi connectivity index (χ1v) is 10.7. The van der Waals surface area contributed by atoms with E-state index < -0.39 is 0 Å². The highest BCUT2D eigenvalue weighted by atomic mass is 35.5. The van der Waals surface area contributed by atoms with Gasteiger partial charge in [0.1, 0.15) is 5.82 Å². The second-order valence-electron chi connectivity index (χ2n) is 7.67. The summed E-state index contributed by atoms with van der Waals surface area (Å²) in [6.07, 6.45) is 4.50. The molecular weight excluding hydrogens is 396 g/mol. The first kappa shape index (κ1) is 20.5. The zero-order valence-electron chi connectivity index (χ0n) is 16.8. The number of nitrogens with zero attached hydrogens (tertiary/aromatic N) is 3. The number of rotatable bonds is 6. The molecule has 1 aliphatic rings. The van der Waals surface area contributed by atoms with E-state index in [1.165, 1.54) is 5.56 Å². The Hall–Kier alpha value is -2.76. The maximum atomic E-state index is 12.3. The second kappa shape index (κ2) is 9.83. The fourth-order valence-electron chi connectivity index (χ4n) is 3.84. The minimum absolute atomic E-state index is 0.0183. The number of benzene rings is 1. The summed E-state index contributed by atoms with van der Waals surface area (Å²) in [5.74, 6) is 1.01. The first-order valence-electron chi connectivity index (χ1n) is 10.3. The van der Waals surface area contributed by atoms with E-state index in [2.05, 4.69) is 33.4 Å². The van der Waals surface area contributed by atoms with Crippen molar-refractivity contribution in [2.75, 3.05) is 25.0 Å². The maximum absolute atomic E-state index is 12.3. The number of aromatic nitrogens is 2. The zero-order valence-corrected chi connectivity index (χ0v) is 17.6. The number of piperidine rings is 1. The average molecular weight is 421 g/mol. The molecule has 6 heteroatoms. The van der Waals surface area contributed by atoms with Crippen molar-refractivity contribution in [2.24, 2.45) is 0 Å². The highest BCUT2D eigenvalue weighted by Crippen LogP contribution is 2.27. The third-order valence-corrected chi connectivity index (χ3v) is 5.68. The van der Waals surface area contributed by atoms with Crippen LogP contribution in [0.15, 0.2) is 66.9 Å². The highest BCUT2D eigenvalue weighted by molar-refractivity contribution is 6.30. The van der Waals surface area contributed by atoms with Crippen LogP contribution in [0, 0.1) is 0 Å². The Kier molecular flexibility index (Phi) is 6.72. The molecule has 0 spiro atoms. The molecule has 154 valence electrons. The van der Waals surface area contributed by atoms with Crippen LogP contribution in [0.1, 0.15) is 35.7 Å². The van der Waals surface area contributed by atoms with Gasteiger partial charge in [0.05, 0.1) is 6.54 Å². The van der Waals surface area contributed by atoms with Crippen LogP contribution in [0.25, 0.3) is 0 Å². The van der Waals surface area contributed by atoms with Crippen LogP contribution < -0.4 is 5.32 Å². The Bertz CT molecular complexity index is 970. The number of anilines is 1. The summed E-state index contributed by atoms with van der Waals surface area (Å²) in [4.78, 5) is 23.5. The predicted octanol–water partition coefficient (Wildman–Crippen LogP) is 4.54. The van der Waals surface area contributed by atoms with Gasteiger partial charge in [-0.05, 0) is 67.9 Å². The maximum Gasteiger partial charge on any atom is 0.239 e. The van der Waals surface area contributed by atoms with Gasteiger partial charge in [-0.3, -0.25) is 14.7 Å². The normalized spacial score (nSPS) is 15.1. The van der Waals surface area contributed by atoms with Gasteiger partial charge in [-0.25, -0.2) is 4.98 Å². The highest BCUT2D eigenvalue weighted by Gasteiger charge is 2.23. The van der Waals surface area contributed by atoms with Gasteiger partial charge in [0.15, 0.2) is 0 Å². The van der Waals surface area contributed by atoms with E-state index in [9.17, 15) is 4.79 Å². The van der Waals surface area contributed by atoms with E-state index in [0.29, 0.717) is 18.3 Å². The fraction of sp³-hybridized carbons (Fsp3) is 0.292. The lowest BCUT2D eigenvalue weighted by Gasteiger charge is -2.31. The molecule has 2 aromatic heterocycles. The van der Waals surface area contributed by atoms with Crippen LogP contribution in [-0.2, 0) is 11.2 Å². The quantitative estimate of drug-likeness (QED) is 0.636. The number of amides is 1. The molecule has 1 aromatic carbocycles. The van der Waals surface area contributed by atoms with Crippen molar-refractivity contribution in [3.63, 3.8) is 0 Å². The summed E-state index contributed by atoms with van der Waals surface area (Å²) in [5, 5.41) is 3.60. The lowest BCUT2D eigenvalue weighted by atomic mass is 9.92. The van der Waals surface area contributed by atoms with Crippen LogP contribution in [0.5, 0.6) is 0 Å². The Morgan fingerprint density at radius 1 is 1.03 bits per heavy atom. The third-order valence-electron chi connectivity index (χ3n) is 5.43. The number of nitrogens with one attached hydrogen (secondary N) is 1. The van der Waals surface area contributed by atoms with Gasteiger partial charge in [0, 0.05) is 34.9 Å². The summed E-state index contributed by atoms with van der Waals surface area (Å²) in [6, 6.07) is 19.7. The second-order valence-corrected chi connectivity index (χ2v) is 8.11. The summed E-state index contributed by atoms with van der Waals surface area (Å²) < 4.78 is 0. The Morgan fingerprint density at radius 3 is 2.57 bits per heavy atom. The summed E-state index contributed by atoms with van der Waals surface area (Å²) in [5.41, 5.74) is 3.43. The van der Waals surface area contributed by atoms with Crippen LogP contribution in [0.2, 0.25) is 5.02 Å². The number of hydrogen-bond donors (Lipinski definition) is 1. The molecule has 1 amide bonds. The molecule has 4 rings (SSSR count). The molecule has 0 atom stereocenters. The van der Waals surface area contributed by atoms with E-state index in [1.54, 1.807) is 12.3 Å². The number of likely N-dealkylation sites (tertiary alicyclic amines) is 1. The van der Waals surface area contributed by atoms with Crippen molar-refractivity contribution in [1.29, 1.82) is 0 Å². The molecule has 5 nitrogen and oxygen atoms in total. The van der Waals surface area contributed by atoms with E-state index in [4.69, 9.17) is 16.6 Å². The van der Waals surface area contributed by atoms with E-state index in [1.807, 2.05) is 36.4 Å². The number of carbonyl (C=O) groups excluding carboxylic acids is 1. The number of pyridine rings is 2. The Morgan fingerprint density at radius 2 is 1.83 bits per heavy atom. The Labute approximate surface area is 182 Å². The molecule has 1 fully saturated rings. The first-order chi connectivity index (χ1) is 14.7. The van der Waals surface area contributed by atoms with Gasteiger partial charge in [-0.15, -0.1) is 0 Å². The van der Waals surface area contributed by atoms with E-state index in [-0.39, 0.29) is 5.91 Å². The number of carbonyl (C=O) groups is 1. The lowest BCUT2D eigenvalue weighted by molar-refractivity contribution is -0.117.